The number of carbonyl (C=O) groups is 1. The molecule has 4 heterocycles. The highest BCUT2D eigenvalue weighted by atomic mass is 32.2. The van der Waals surface area contributed by atoms with Crippen LogP contribution in [0, 0.1) is 0 Å². The topological polar surface area (TPSA) is 112 Å². The van der Waals surface area contributed by atoms with Gasteiger partial charge in [-0.15, -0.1) is 0 Å². The van der Waals surface area contributed by atoms with Crippen molar-refractivity contribution in [2.45, 2.75) is 31.7 Å². The molecule has 2 fully saturated rings. The number of nitrogens with zero attached hydrogens (tertiary/aromatic N) is 4. The number of methoxy groups -OCH3 is 1. The van der Waals surface area contributed by atoms with Crippen molar-refractivity contribution in [1.29, 1.82) is 0 Å². The van der Waals surface area contributed by atoms with Crippen LogP contribution >= 0.6 is 11.8 Å². The van der Waals surface area contributed by atoms with Gasteiger partial charge in [0.25, 0.3) is 5.24 Å². The summed E-state index contributed by atoms with van der Waals surface area (Å²) in [5.41, 5.74) is 2.50. The van der Waals surface area contributed by atoms with Gasteiger partial charge in [0.15, 0.2) is 6.23 Å². The molecule has 0 radical (unpaired) electrons. The molecule has 2 atom stereocenters. The highest BCUT2D eigenvalue weighted by Crippen LogP contribution is 2.28. The number of rotatable bonds is 6. The normalized spacial score (nSPS) is 21.8. The largest absolute Gasteiger partial charge is 0.494 e. The fraction of sp³-hybridized carbons (Fsp3) is 0.333. The molecule has 2 aromatic heterocycles. The summed E-state index contributed by atoms with van der Waals surface area (Å²) >= 11 is 0.981. The Kier molecular flexibility index (Phi) is 6.61. The zero-order chi connectivity index (χ0) is 23.5. The summed E-state index contributed by atoms with van der Waals surface area (Å²) in [6.07, 6.45) is 4.53. The molecule has 176 valence electrons. The van der Waals surface area contributed by atoms with E-state index in [0.29, 0.717) is 23.1 Å². The molecule has 1 amide bonds. The number of aromatic nitrogens is 3. The molecule has 2 aliphatic rings. The molecular weight excluding hydrogens is 452 g/mol. The van der Waals surface area contributed by atoms with E-state index in [1.54, 1.807) is 25.4 Å². The third kappa shape index (κ3) is 4.98. The number of thioether (sulfide) groups is 1. The number of aliphatic hydroxyl groups is 1. The van der Waals surface area contributed by atoms with E-state index in [1.807, 2.05) is 24.3 Å². The van der Waals surface area contributed by atoms with Gasteiger partial charge in [-0.05, 0) is 48.9 Å². The molecule has 0 bridgehead atoms. The lowest BCUT2D eigenvalue weighted by atomic mass is 10.1. The molecule has 3 aromatic rings. The minimum atomic E-state index is -0.983. The van der Waals surface area contributed by atoms with Gasteiger partial charge in [0.05, 0.1) is 18.5 Å². The van der Waals surface area contributed by atoms with E-state index in [2.05, 4.69) is 31.6 Å². The van der Waals surface area contributed by atoms with E-state index in [9.17, 15) is 9.90 Å². The third-order valence-corrected chi connectivity index (χ3v) is 6.81. The van der Waals surface area contributed by atoms with Crippen molar-refractivity contribution < 1.29 is 14.6 Å². The van der Waals surface area contributed by atoms with Gasteiger partial charge < -0.3 is 25.4 Å². The van der Waals surface area contributed by atoms with E-state index in [0.717, 1.165) is 60.0 Å². The van der Waals surface area contributed by atoms with Gasteiger partial charge in [-0.1, -0.05) is 18.2 Å². The first-order chi connectivity index (χ1) is 16.6. The van der Waals surface area contributed by atoms with Gasteiger partial charge in [-0.3, -0.25) is 4.79 Å². The second kappa shape index (κ2) is 9.96. The van der Waals surface area contributed by atoms with Gasteiger partial charge in [0.1, 0.15) is 11.3 Å². The molecule has 1 unspecified atom stereocenters. The first-order valence-corrected chi connectivity index (χ1v) is 12.0. The minimum Gasteiger partial charge on any atom is -0.494 e. The number of pyridine rings is 1. The lowest BCUT2D eigenvalue weighted by Gasteiger charge is -2.33. The molecule has 34 heavy (non-hydrogen) atoms. The summed E-state index contributed by atoms with van der Waals surface area (Å²) in [4.78, 5) is 28.1. The number of hydrogen-bond donors (Lipinski definition) is 3. The standard InChI is InChI=1S/C24H26N6O3S/c1-33-19-6-2-4-15-7-8-17(27-21(15)19)13-26-18-5-3-11-30(14-18)23-25-10-9-16(28-23)12-20-22(31)29-24(32)34-20/h2,4,6-10,12,18,22,26,31H,3,5,11,13-14H2,1H3,(H,29,32)/b20-12-/t18-,22?/m1/s1. The molecule has 0 saturated carbocycles. The molecular formula is C24H26N6O3S. The zero-order valence-corrected chi connectivity index (χ0v) is 19.6. The minimum absolute atomic E-state index is 0.266. The fourth-order valence-corrected chi connectivity index (χ4v) is 4.96. The van der Waals surface area contributed by atoms with Gasteiger partial charge in [0.2, 0.25) is 5.95 Å². The van der Waals surface area contributed by atoms with Crippen LogP contribution in [-0.2, 0) is 6.54 Å². The maximum absolute atomic E-state index is 11.5. The van der Waals surface area contributed by atoms with E-state index in [1.165, 1.54) is 0 Å². The highest BCUT2D eigenvalue weighted by Gasteiger charge is 2.26. The molecule has 2 aliphatic heterocycles. The van der Waals surface area contributed by atoms with Crippen LogP contribution in [0.1, 0.15) is 24.2 Å². The SMILES string of the molecule is COc1cccc2ccc(CN[C@@H]3CCCN(c4nccc(/C=C5\SC(=O)NC5O)n4)C3)nc12. The smallest absolute Gasteiger partial charge is 0.285 e. The van der Waals surface area contributed by atoms with Crippen LogP contribution in [0.15, 0.2) is 47.5 Å². The van der Waals surface area contributed by atoms with E-state index in [-0.39, 0.29) is 11.3 Å². The molecule has 0 aliphatic carbocycles. The van der Waals surface area contributed by atoms with Crippen LogP contribution in [0.3, 0.4) is 0 Å². The van der Waals surface area contributed by atoms with E-state index < -0.39 is 6.23 Å². The Morgan fingerprint density at radius 2 is 2.21 bits per heavy atom. The third-order valence-electron chi connectivity index (χ3n) is 5.93. The predicted octanol–water partition coefficient (Wildman–Crippen LogP) is 2.91. The van der Waals surface area contributed by atoms with Gasteiger partial charge in [-0.2, -0.15) is 0 Å². The van der Waals surface area contributed by atoms with E-state index in [4.69, 9.17) is 9.72 Å². The predicted molar refractivity (Wildman–Crippen MR) is 133 cm³/mol. The number of piperidine rings is 1. The molecule has 10 heteroatoms. The number of fused-ring (bicyclic) bond motifs is 1. The second-order valence-electron chi connectivity index (χ2n) is 8.27. The average Bonchev–Trinajstić information content (AvgIpc) is 3.18. The van der Waals surface area contributed by atoms with Crippen molar-refractivity contribution in [3.8, 4) is 5.75 Å². The van der Waals surface area contributed by atoms with Crippen molar-refractivity contribution >= 4 is 39.9 Å². The Bertz CT molecular complexity index is 1240. The first kappa shape index (κ1) is 22.6. The molecule has 3 N–H and O–H groups in total. The molecule has 9 nitrogen and oxygen atoms in total. The van der Waals surface area contributed by atoms with Gasteiger partial charge in [0, 0.05) is 42.2 Å². The fourth-order valence-electron chi connectivity index (χ4n) is 4.22. The quantitative estimate of drug-likeness (QED) is 0.492. The summed E-state index contributed by atoms with van der Waals surface area (Å²) in [7, 11) is 1.66. The van der Waals surface area contributed by atoms with Crippen molar-refractivity contribution in [2.75, 3.05) is 25.1 Å². The number of aliphatic hydroxyl groups excluding tert-OH is 1. The number of para-hydroxylation sites is 1. The molecule has 1 aromatic carbocycles. The highest BCUT2D eigenvalue weighted by molar-refractivity contribution is 8.17. The number of anilines is 1. The Balaban J connectivity index is 1.25. The zero-order valence-electron chi connectivity index (χ0n) is 18.8. The van der Waals surface area contributed by atoms with Gasteiger partial charge >= 0.3 is 0 Å². The molecule has 0 spiro atoms. The maximum atomic E-state index is 11.5. The Hall–Kier alpha value is -3.21. The lowest BCUT2D eigenvalue weighted by molar-refractivity contribution is 0.192. The lowest BCUT2D eigenvalue weighted by Crippen LogP contribution is -2.46. The summed E-state index contributed by atoms with van der Waals surface area (Å²) < 4.78 is 5.46. The molecule has 5 rings (SSSR count). The number of hydrogen-bond acceptors (Lipinski definition) is 9. The first-order valence-electron chi connectivity index (χ1n) is 11.2. The van der Waals surface area contributed by atoms with Crippen molar-refractivity contribution in [2.24, 2.45) is 0 Å². The number of nitrogens with one attached hydrogen (secondary N) is 2. The second-order valence-corrected chi connectivity index (χ2v) is 9.31. The van der Waals surface area contributed by atoms with Crippen LogP contribution < -0.4 is 20.3 Å². The Morgan fingerprint density at radius 3 is 3.03 bits per heavy atom. The summed E-state index contributed by atoms with van der Waals surface area (Å²) in [6.45, 7) is 2.32. The van der Waals surface area contributed by atoms with Crippen molar-refractivity contribution in [3.63, 3.8) is 0 Å². The number of ether oxygens (including phenoxy) is 1. The van der Waals surface area contributed by atoms with Gasteiger partial charge in [-0.25, -0.2) is 15.0 Å². The monoisotopic (exact) mass is 478 g/mol. The van der Waals surface area contributed by atoms with Crippen LogP contribution in [-0.4, -0.2) is 57.8 Å². The van der Waals surface area contributed by atoms with Crippen LogP contribution in [0.4, 0.5) is 10.7 Å². The number of carbonyl (C=O) groups excluding carboxylic acids is 1. The Labute approximate surface area is 201 Å². The van der Waals surface area contributed by atoms with Crippen LogP contribution in [0.5, 0.6) is 5.75 Å². The van der Waals surface area contributed by atoms with Crippen molar-refractivity contribution in [3.05, 3.63) is 58.9 Å². The summed E-state index contributed by atoms with van der Waals surface area (Å²) in [6, 6.07) is 12.1. The summed E-state index contributed by atoms with van der Waals surface area (Å²) in [5.74, 6) is 1.42. The maximum Gasteiger partial charge on any atom is 0.285 e. The average molecular weight is 479 g/mol. The van der Waals surface area contributed by atoms with Crippen LogP contribution in [0.25, 0.3) is 17.0 Å². The molecule has 2 saturated heterocycles. The van der Waals surface area contributed by atoms with Crippen molar-refractivity contribution in [1.82, 2.24) is 25.6 Å². The Morgan fingerprint density at radius 1 is 1.29 bits per heavy atom. The number of amides is 1. The van der Waals surface area contributed by atoms with Crippen LogP contribution in [0.2, 0.25) is 0 Å². The number of benzene rings is 1. The van der Waals surface area contributed by atoms with E-state index >= 15 is 0 Å². The summed E-state index contributed by atoms with van der Waals surface area (Å²) in [5, 5.41) is 16.8.